The van der Waals surface area contributed by atoms with Crippen LogP contribution in [0.4, 0.5) is 0 Å². The van der Waals surface area contributed by atoms with Gasteiger partial charge in [-0.15, -0.1) is 0 Å². The van der Waals surface area contributed by atoms with Crippen molar-refractivity contribution in [1.29, 1.82) is 0 Å². The molecule has 0 bridgehead atoms. The zero-order valence-corrected chi connectivity index (χ0v) is 18.4. The van der Waals surface area contributed by atoms with Gasteiger partial charge in [0.1, 0.15) is 12.7 Å². The Labute approximate surface area is 171 Å². The Hall–Kier alpha value is -1.34. The smallest absolute Gasteiger partial charge is 0.161 e. The number of hydrogen-bond acceptors (Lipinski definition) is 6. The van der Waals surface area contributed by atoms with E-state index in [1.807, 2.05) is 6.07 Å². The van der Waals surface area contributed by atoms with Gasteiger partial charge < -0.3 is 24.4 Å². The van der Waals surface area contributed by atoms with Crippen molar-refractivity contribution in [2.75, 3.05) is 60.5 Å². The number of methoxy groups -OCH3 is 1. The lowest BCUT2D eigenvalue weighted by atomic mass is 10.0. The van der Waals surface area contributed by atoms with Crippen molar-refractivity contribution in [2.45, 2.75) is 45.4 Å². The SMILES string of the molecule is CCN(CC)CC(O)COc1ccc(CN(C)C2CCN(C)CC2)cc1OC. The van der Waals surface area contributed by atoms with Gasteiger partial charge in [0.2, 0.25) is 0 Å². The van der Waals surface area contributed by atoms with Gasteiger partial charge in [0, 0.05) is 19.1 Å². The second-order valence-corrected chi connectivity index (χ2v) is 7.89. The first-order valence-corrected chi connectivity index (χ1v) is 10.6. The third kappa shape index (κ3) is 6.92. The maximum Gasteiger partial charge on any atom is 0.161 e. The van der Waals surface area contributed by atoms with Gasteiger partial charge in [0.15, 0.2) is 11.5 Å². The Kier molecular flexibility index (Phi) is 9.51. The van der Waals surface area contributed by atoms with E-state index in [1.165, 1.54) is 31.5 Å². The van der Waals surface area contributed by atoms with Crippen LogP contribution in [0, 0.1) is 0 Å². The van der Waals surface area contributed by atoms with E-state index in [9.17, 15) is 5.11 Å². The van der Waals surface area contributed by atoms with Gasteiger partial charge in [-0.3, -0.25) is 4.90 Å². The van der Waals surface area contributed by atoms with Crippen LogP contribution in [0.5, 0.6) is 11.5 Å². The number of piperidine rings is 1. The van der Waals surface area contributed by atoms with E-state index < -0.39 is 6.10 Å². The van der Waals surface area contributed by atoms with Crippen molar-refractivity contribution >= 4 is 0 Å². The Balaban J connectivity index is 1.90. The van der Waals surface area contributed by atoms with Gasteiger partial charge in [0.25, 0.3) is 0 Å². The first-order valence-electron chi connectivity index (χ1n) is 10.6. The van der Waals surface area contributed by atoms with Crippen LogP contribution in [0.15, 0.2) is 18.2 Å². The van der Waals surface area contributed by atoms with E-state index >= 15 is 0 Å². The molecule has 0 amide bonds. The van der Waals surface area contributed by atoms with Crippen molar-refractivity contribution in [2.24, 2.45) is 0 Å². The molecule has 28 heavy (non-hydrogen) atoms. The first kappa shape index (κ1) is 22.9. The molecule has 6 nitrogen and oxygen atoms in total. The molecule has 1 aromatic rings. The van der Waals surface area contributed by atoms with Crippen LogP contribution in [-0.2, 0) is 6.54 Å². The second-order valence-electron chi connectivity index (χ2n) is 7.89. The van der Waals surface area contributed by atoms with Crippen LogP contribution < -0.4 is 9.47 Å². The van der Waals surface area contributed by atoms with E-state index in [-0.39, 0.29) is 6.61 Å². The summed E-state index contributed by atoms with van der Waals surface area (Å²) >= 11 is 0. The summed E-state index contributed by atoms with van der Waals surface area (Å²) in [5, 5.41) is 10.2. The number of aliphatic hydroxyl groups is 1. The average Bonchev–Trinajstić information content (AvgIpc) is 2.71. The van der Waals surface area contributed by atoms with Crippen LogP contribution in [0.3, 0.4) is 0 Å². The number of aliphatic hydroxyl groups excluding tert-OH is 1. The number of benzene rings is 1. The van der Waals surface area contributed by atoms with Gasteiger partial charge in [-0.25, -0.2) is 0 Å². The molecule has 1 atom stereocenters. The predicted octanol–water partition coefficient (Wildman–Crippen LogP) is 2.30. The topological polar surface area (TPSA) is 48.4 Å². The van der Waals surface area contributed by atoms with Crippen molar-refractivity contribution in [1.82, 2.24) is 14.7 Å². The average molecular weight is 394 g/mol. The molecule has 0 aliphatic carbocycles. The van der Waals surface area contributed by atoms with E-state index in [2.05, 4.69) is 54.8 Å². The summed E-state index contributed by atoms with van der Waals surface area (Å²) in [6.45, 7) is 10.2. The lowest BCUT2D eigenvalue weighted by Gasteiger charge is -2.35. The highest BCUT2D eigenvalue weighted by atomic mass is 16.5. The summed E-state index contributed by atoms with van der Waals surface area (Å²) in [6, 6.07) is 6.74. The Morgan fingerprint density at radius 2 is 1.86 bits per heavy atom. The Morgan fingerprint density at radius 3 is 2.46 bits per heavy atom. The Bertz CT molecular complexity index is 572. The normalized spacial score (nSPS) is 17.3. The number of hydrogen-bond donors (Lipinski definition) is 1. The molecule has 1 fully saturated rings. The maximum atomic E-state index is 10.2. The molecule has 0 saturated carbocycles. The fourth-order valence-electron chi connectivity index (χ4n) is 3.80. The van der Waals surface area contributed by atoms with E-state index in [1.54, 1.807) is 7.11 Å². The molecule has 0 radical (unpaired) electrons. The quantitative estimate of drug-likeness (QED) is 0.623. The summed E-state index contributed by atoms with van der Waals surface area (Å²) in [6.07, 6.45) is 1.92. The van der Waals surface area contributed by atoms with Crippen LogP contribution >= 0.6 is 0 Å². The number of likely N-dealkylation sites (tertiary alicyclic amines) is 1. The molecule has 160 valence electrons. The minimum Gasteiger partial charge on any atom is -0.493 e. The summed E-state index contributed by atoms with van der Waals surface area (Å²) < 4.78 is 11.4. The fourth-order valence-corrected chi connectivity index (χ4v) is 3.80. The highest BCUT2D eigenvalue weighted by Gasteiger charge is 2.21. The fraction of sp³-hybridized carbons (Fsp3) is 0.727. The second kappa shape index (κ2) is 11.6. The summed E-state index contributed by atoms with van der Waals surface area (Å²) in [4.78, 5) is 7.03. The molecule has 1 aliphatic rings. The van der Waals surface area contributed by atoms with E-state index in [0.717, 1.165) is 25.4 Å². The van der Waals surface area contributed by atoms with Crippen molar-refractivity contribution in [3.63, 3.8) is 0 Å². The van der Waals surface area contributed by atoms with Crippen LogP contribution in [0.2, 0.25) is 0 Å². The highest BCUT2D eigenvalue weighted by molar-refractivity contribution is 5.43. The summed E-state index contributed by atoms with van der Waals surface area (Å²) in [5.41, 5.74) is 1.22. The minimum atomic E-state index is -0.514. The highest BCUT2D eigenvalue weighted by Crippen LogP contribution is 2.29. The van der Waals surface area contributed by atoms with Crippen molar-refractivity contribution in [3.8, 4) is 11.5 Å². The summed E-state index contributed by atoms with van der Waals surface area (Å²) in [7, 11) is 6.06. The lowest BCUT2D eigenvalue weighted by Crippen LogP contribution is -2.41. The minimum absolute atomic E-state index is 0.266. The van der Waals surface area contributed by atoms with Gasteiger partial charge in [-0.2, -0.15) is 0 Å². The molecular formula is C22H39N3O3. The number of rotatable bonds is 11. The third-order valence-electron chi connectivity index (χ3n) is 5.77. The Morgan fingerprint density at radius 1 is 1.18 bits per heavy atom. The molecule has 0 spiro atoms. The first-order chi connectivity index (χ1) is 13.5. The van der Waals surface area contributed by atoms with Crippen LogP contribution in [-0.4, -0.2) is 92.5 Å². The molecule has 0 aromatic heterocycles. The van der Waals surface area contributed by atoms with Crippen molar-refractivity contribution < 1.29 is 14.6 Å². The summed E-state index contributed by atoms with van der Waals surface area (Å²) in [5.74, 6) is 1.41. The third-order valence-corrected chi connectivity index (χ3v) is 5.77. The van der Waals surface area contributed by atoms with Gasteiger partial charge in [-0.05, 0) is 70.8 Å². The zero-order chi connectivity index (χ0) is 20.5. The van der Waals surface area contributed by atoms with Gasteiger partial charge >= 0.3 is 0 Å². The molecule has 6 heteroatoms. The number of likely N-dealkylation sites (N-methyl/N-ethyl adjacent to an activating group) is 1. The largest absolute Gasteiger partial charge is 0.493 e. The molecule has 1 unspecified atom stereocenters. The standard InChI is InChI=1S/C22H39N3O3/c1-6-25(7-2)16-20(26)17-28-21-9-8-18(14-22(21)27-5)15-24(4)19-10-12-23(3)13-11-19/h8-9,14,19-20,26H,6-7,10-13,15-17H2,1-5H3. The molecule has 1 heterocycles. The number of ether oxygens (including phenoxy) is 2. The van der Waals surface area contributed by atoms with Gasteiger partial charge in [0.05, 0.1) is 7.11 Å². The van der Waals surface area contributed by atoms with E-state index in [4.69, 9.17) is 9.47 Å². The monoisotopic (exact) mass is 393 g/mol. The molecule has 2 rings (SSSR count). The molecule has 1 N–H and O–H groups in total. The van der Waals surface area contributed by atoms with E-state index in [0.29, 0.717) is 18.3 Å². The van der Waals surface area contributed by atoms with Crippen LogP contribution in [0.1, 0.15) is 32.3 Å². The molecule has 1 saturated heterocycles. The molecule has 1 aromatic carbocycles. The predicted molar refractivity (Wildman–Crippen MR) is 114 cm³/mol. The molecule has 1 aliphatic heterocycles. The van der Waals surface area contributed by atoms with Crippen LogP contribution in [0.25, 0.3) is 0 Å². The maximum absolute atomic E-state index is 10.2. The number of nitrogens with zero attached hydrogens (tertiary/aromatic N) is 3. The zero-order valence-electron chi connectivity index (χ0n) is 18.4. The molecular weight excluding hydrogens is 354 g/mol. The lowest BCUT2D eigenvalue weighted by molar-refractivity contribution is 0.0705. The van der Waals surface area contributed by atoms with Crippen molar-refractivity contribution in [3.05, 3.63) is 23.8 Å². The van der Waals surface area contributed by atoms with Gasteiger partial charge in [-0.1, -0.05) is 19.9 Å².